The van der Waals surface area contributed by atoms with Crippen LogP contribution in [0.5, 0.6) is 0 Å². The number of benzene rings is 2. The largest absolute Gasteiger partial charge is 0.277 e. The molecule has 2 aromatic heterocycles. The van der Waals surface area contributed by atoms with E-state index in [0.29, 0.717) is 27.8 Å². The number of halogens is 2. The van der Waals surface area contributed by atoms with Gasteiger partial charge in [-0.05, 0) is 40.8 Å². The van der Waals surface area contributed by atoms with Gasteiger partial charge in [0.25, 0.3) is 5.91 Å². The van der Waals surface area contributed by atoms with E-state index in [2.05, 4.69) is 43.2 Å². The number of fused-ring (bicyclic) bond motifs is 1. The molecule has 0 radical (unpaired) electrons. The molecule has 158 valence electrons. The van der Waals surface area contributed by atoms with Gasteiger partial charge in [-0.15, -0.1) is 0 Å². The third-order valence-corrected chi connectivity index (χ3v) is 6.49. The number of carbonyl (C=O) groups is 1. The molecule has 9 heteroatoms. The number of hydrazine groups is 1. The second-order valence-corrected chi connectivity index (χ2v) is 8.59. The number of rotatable bonds is 4. The lowest BCUT2D eigenvalue weighted by Crippen LogP contribution is -2.48. The van der Waals surface area contributed by atoms with Crippen molar-refractivity contribution in [2.75, 3.05) is 0 Å². The van der Waals surface area contributed by atoms with Gasteiger partial charge in [0.05, 0.1) is 16.3 Å². The molecule has 1 unspecified atom stereocenters. The van der Waals surface area contributed by atoms with E-state index in [1.54, 1.807) is 23.3 Å². The molecular formula is C23H16ClIN6O. The quantitative estimate of drug-likeness (QED) is 0.204. The maximum atomic E-state index is 12.9. The monoisotopic (exact) mass is 554 g/mol. The molecular weight excluding hydrogens is 539 g/mol. The van der Waals surface area contributed by atoms with Crippen molar-refractivity contribution in [3.8, 4) is 11.3 Å². The van der Waals surface area contributed by atoms with Gasteiger partial charge >= 0.3 is 0 Å². The van der Waals surface area contributed by atoms with Crippen molar-refractivity contribution < 1.29 is 4.79 Å². The van der Waals surface area contributed by atoms with Crippen LogP contribution in [-0.2, 0) is 0 Å². The Kier molecular flexibility index (Phi) is 5.62. The molecule has 32 heavy (non-hydrogen) atoms. The van der Waals surface area contributed by atoms with Gasteiger partial charge in [0, 0.05) is 23.5 Å². The van der Waals surface area contributed by atoms with Gasteiger partial charge in [0.2, 0.25) is 0 Å². The standard InChI is InChI=1S/C23H16ClIN6O/c24-17-11-5-4-10-16(17)18-19-20(29-28-18)21(25)31(22(27-19)14-7-2-1-3-8-14)30-23(32)15-9-6-12-26-13-15/h1-13,21H,(H,28,29)(H,30,32). The third kappa shape index (κ3) is 3.76. The molecule has 1 amide bonds. The molecule has 2 aromatic carbocycles. The van der Waals surface area contributed by atoms with E-state index in [1.807, 2.05) is 54.6 Å². The Balaban J connectivity index is 1.61. The van der Waals surface area contributed by atoms with Crippen LogP contribution in [0, 0.1) is 0 Å². The molecule has 1 aliphatic heterocycles. The van der Waals surface area contributed by atoms with Gasteiger partial charge in [-0.2, -0.15) is 5.10 Å². The van der Waals surface area contributed by atoms with E-state index in [9.17, 15) is 4.79 Å². The molecule has 7 nitrogen and oxygen atoms in total. The first kappa shape index (κ1) is 20.7. The minimum atomic E-state index is -0.292. The van der Waals surface area contributed by atoms with Crippen molar-refractivity contribution >= 4 is 51.6 Å². The first-order valence-corrected chi connectivity index (χ1v) is 11.4. The van der Waals surface area contributed by atoms with Crippen LogP contribution in [0.15, 0.2) is 84.1 Å². The van der Waals surface area contributed by atoms with Crippen LogP contribution < -0.4 is 5.43 Å². The van der Waals surface area contributed by atoms with Crippen molar-refractivity contribution in [2.45, 2.75) is 4.05 Å². The topological polar surface area (TPSA) is 86.3 Å². The summed E-state index contributed by atoms with van der Waals surface area (Å²) in [7, 11) is 0. The summed E-state index contributed by atoms with van der Waals surface area (Å²) in [6, 6.07) is 20.7. The average Bonchev–Trinajstić information content (AvgIpc) is 3.26. The normalized spacial score (nSPS) is 15.1. The fourth-order valence-corrected chi connectivity index (χ4v) is 4.50. The number of amides is 1. The Hall–Kier alpha value is -3.24. The molecule has 1 atom stereocenters. The molecule has 0 spiro atoms. The number of aromatic amines is 1. The Bertz CT molecular complexity index is 1310. The van der Waals surface area contributed by atoms with Crippen molar-refractivity contribution in [3.63, 3.8) is 0 Å². The molecule has 0 bridgehead atoms. The van der Waals surface area contributed by atoms with Gasteiger partial charge in [0.1, 0.15) is 15.4 Å². The smallest absolute Gasteiger partial charge is 0.271 e. The maximum Gasteiger partial charge on any atom is 0.271 e. The Morgan fingerprint density at radius 2 is 1.84 bits per heavy atom. The highest BCUT2D eigenvalue weighted by Gasteiger charge is 2.34. The van der Waals surface area contributed by atoms with Crippen molar-refractivity contribution in [2.24, 2.45) is 4.99 Å². The lowest BCUT2D eigenvalue weighted by Gasteiger charge is -2.33. The summed E-state index contributed by atoms with van der Waals surface area (Å²) in [4.78, 5) is 21.9. The first-order chi connectivity index (χ1) is 15.6. The lowest BCUT2D eigenvalue weighted by molar-refractivity contribution is 0.0864. The Morgan fingerprint density at radius 1 is 1.06 bits per heavy atom. The van der Waals surface area contributed by atoms with Gasteiger partial charge in [0.15, 0.2) is 5.84 Å². The van der Waals surface area contributed by atoms with Gasteiger partial charge in [-0.3, -0.25) is 20.3 Å². The number of carbonyl (C=O) groups excluding carboxylic acids is 1. The number of H-pyrrole nitrogens is 1. The van der Waals surface area contributed by atoms with Crippen LogP contribution in [0.4, 0.5) is 5.69 Å². The lowest BCUT2D eigenvalue weighted by atomic mass is 10.1. The summed E-state index contributed by atoms with van der Waals surface area (Å²) in [6.45, 7) is 0. The molecule has 0 aliphatic carbocycles. The Labute approximate surface area is 202 Å². The minimum Gasteiger partial charge on any atom is -0.277 e. The minimum absolute atomic E-state index is 0.280. The highest BCUT2D eigenvalue weighted by molar-refractivity contribution is 14.1. The van der Waals surface area contributed by atoms with E-state index >= 15 is 0 Å². The zero-order valence-corrected chi connectivity index (χ0v) is 19.4. The number of hydrogen-bond acceptors (Lipinski definition) is 5. The number of pyridine rings is 1. The van der Waals surface area contributed by atoms with E-state index in [0.717, 1.165) is 16.8 Å². The van der Waals surface area contributed by atoms with E-state index in [4.69, 9.17) is 16.6 Å². The molecule has 0 saturated heterocycles. The Morgan fingerprint density at radius 3 is 2.59 bits per heavy atom. The number of aliphatic imine (C=N–C) groups is 1. The number of aromatic nitrogens is 3. The molecule has 2 N–H and O–H groups in total. The van der Waals surface area contributed by atoms with Crippen LogP contribution in [0.2, 0.25) is 5.02 Å². The zero-order valence-electron chi connectivity index (χ0n) is 16.5. The first-order valence-electron chi connectivity index (χ1n) is 9.75. The van der Waals surface area contributed by atoms with Crippen LogP contribution in [-0.4, -0.2) is 31.9 Å². The van der Waals surface area contributed by atoms with Crippen LogP contribution in [0.3, 0.4) is 0 Å². The highest BCUT2D eigenvalue weighted by Crippen LogP contribution is 2.44. The van der Waals surface area contributed by atoms with E-state index < -0.39 is 0 Å². The SMILES string of the molecule is O=C(NN1C(c2ccccc2)=Nc2c(-c3ccccc3Cl)n[nH]c2C1I)c1cccnc1. The third-order valence-electron chi connectivity index (χ3n) is 4.99. The fourth-order valence-electron chi connectivity index (χ4n) is 3.44. The number of alkyl halides is 1. The van der Waals surface area contributed by atoms with Gasteiger partial charge in [-0.1, -0.05) is 60.1 Å². The van der Waals surface area contributed by atoms with Crippen molar-refractivity contribution in [1.82, 2.24) is 25.6 Å². The van der Waals surface area contributed by atoms with E-state index in [1.165, 1.54) is 6.20 Å². The molecule has 3 heterocycles. The summed E-state index contributed by atoms with van der Waals surface area (Å²) in [5.41, 5.74) is 7.21. The number of amidine groups is 1. The van der Waals surface area contributed by atoms with Crippen molar-refractivity contribution in [3.05, 3.63) is 101 Å². The molecule has 5 rings (SSSR count). The van der Waals surface area contributed by atoms with E-state index in [-0.39, 0.29) is 9.96 Å². The van der Waals surface area contributed by atoms with Crippen LogP contribution in [0.25, 0.3) is 11.3 Å². The second-order valence-electron chi connectivity index (χ2n) is 7.00. The highest BCUT2D eigenvalue weighted by atomic mass is 127. The predicted molar refractivity (Wildman–Crippen MR) is 132 cm³/mol. The summed E-state index contributed by atoms with van der Waals surface area (Å²) in [6.07, 6.45) is 3.15. The van der Waals surface area contributed by atoms with Gasteiger partial charge < -0.3 is 0 Å². The molecule has 1 aliphatic rings. The summed E-state index contributed by atoms with van der Waals surface area (Å²) in [5.74, 6) is 0.321. The molecule has 0 saturated carbocycles. The predicted octanol–water partition coefficient (Wildman–Crippen LogP) is 5.30. The summed E-state index contributed by atoms with van der Waals surface area (Å²) >= 11 is 8.69. The van der Waals surface area contributed by atoms with Crippen molar-refractivity contribution in [1.29, 1.82) is 0 Å². The summed E-state index contributed by atoms with van der Waals surface area (Å²) < 4.78 is -0.292. The zero-order chi connectivity index (χ0) is 22.1. The van der Waals surface area contributed by atoms with Crippen LogP contribution >= 0.6 is 34.2 Å². The summed E-state index contributed by atoms with van der Waals surface area (Å²) in [5, 5.41) is 9.93. The van der Waals surface area contributed by atoms with Crippen LogP contribution in [0.1, 0.15) is 25.7 Å². The number of hydrogen-bond donors (Lipinski definition) is 2. The fraction of sp³-hybridized carbons (Fsp3) is 0.0435. The number of nitrogens with zero attached hydrogens (tertiary/aromatic N) is 4. The van der Waals surface area contributed by atoms with Gasteiger partial charge in [-0.25, -0.2) is 10.0 Å². The molecule has 4 aromatic rings. The maximum absolute atomic E-state index is 12.9. The second kappa shape index (κ2) is 8.71. The molecule has 0 fully saturated rings. The number of nitrogens with one attached hydrogen (secondary N) is 2. The average molecular weight is 555 g/mol.